The quantitative estimate of drug-likeness (QED) is 0.137. The van der Waals surface area contributed by atoms with Crippen molar-refractivity contribution in [3.63, 3.8) is 0 Å². The van der Waals surface area contributed by atoms with Gasteiger partial charge < -0.3 is 5.32 Å². The largest absolute Gasteiger partial charge is 0.385 e. The van der Waals surface area contributed by atoms with E-state index in [1.165, 1.54) is 125 Å². The Labute approximate surface area is 202 Å². The van der Waals surface area contributed by atoms with Gasteiger partial charge in [-0.25, -0.2) is 0 Å². The van der Waals surface area contributed by atoms with Crippen LogP contribution in [0.15, 0.2) is 46.7 Å². The predicted molar refractivity (Wildman–Crippen MR) is 148 cm³/mol. The third-order valence-corrected chi connectivity index (χ3v) is 6.65. The molecule has 0 heterocycles. The summed E-state index contributed by atoms with van der Waals surface area (Å²) >= 11 is 0. The molecule has 186 valence electrons. The van der Waals surface area contributed by atoms with E-state index in [4.69, 9.17) is 0 Å². The van der Waals surface area contributed by atoms with E-state index in [1.807, 2.05) is 0 Å². The minimum atomic E-state index is 1.07. The molecule has 1 heteroatoms. The first-order chi connectivity index (χ1) is 15.7. The van der Waals surface area contributed by atoms with Crippen LogP contribution in [0.3, 0.4) is 0 Å². The lowest BCUT2D eigenvalue weighted by Crippen LogP contribution is -2.17. The van der Waals surface area contributed by atoms with E-state index < -0.39 is 0 Å². The molecule has 0 bridgehead atoms. The van der Waals surface area contributed by atoms with E-state index in [9.17, 15) is 0 Å². The molecule has 0 rings (SSSR count). The summed E-state index contributed by atoms with van der Waals surface area (Å²) in [6, 6.07) is 0. The highest BCUT2D eigenvalue weighted by Crippen LogP contribution is 2.24. The molecule has 0 amide bonds. The first-order valence-corrected chi connectivity index (χ1v) is 14.0. The molecule has 0 aliphatic rings. The summed E-state index contributed by atoms with van der Waals surface area (Å²) in [6.45, 7) is 14.1. The molecule has 0 unspecified atom stereocenters. The monoisotopic (exact) mass is 443 g/mol. The van der Waals surface area contributed by atoms with Crippen LogP contribution < -0.4 is 5.32 Å². The highest BCUT2D eigenvalue weighted by Gasteiger charge is 2.09. The Kier molecular flexibility index (Phi) is 22.0. The van der Waals surface area contributed by atoms with Crippen molar-refractivity contribution in [2.45, 2.75) is 144 Å². The topological polar surface area (TPSA) is 12.0 Å². The molecule has 0 aromatic heterocycles. The Morgan fingerprint density at radius 3 is 1.25 bits per heavy atom. The molecule has 0 radical (unpaired) electrons. The SMILES string of the molecule is CC=C(C)C(=CC)C(=CC)C(=CC)NCCCCCCCCCCCCCCCCCC. The van der Waals surface area contributed by atoms with Gasteiger partial charge in [-0.05, 0) is 52.2 Å². The van der Waals surface area contributed by atoms with Crippen molar-refractivity contribution in [2.75, 3.05) is 6.54 Å². The second-order valence-corrected chi connectivity index (χ2v) is 9.31. The van der Waals surface area contributed by atoms with Crippen molar-refractivity contribution in [1.29, 1.82) is 0 Å². The maximum absolute atomic E-state index is 3.69. The first-order valence-electron chi connectivity index (χ1n) is 14.0. The maximum atomic E-state index is 3.69. The summed E-state index contributed by atoms with van der Waals surface area (Å²) in [7, 11) is 0. The molecule has 0 saturated carbocycles. The van der Waals surface area contributed by atoms with Crippen molar-refractivity contribution < 1.29 is 0 Å². The lowest BCUT2D eigenvalue weighted by molar-refractivity contribution is 0.528. The fraction of sp³-hybridized carbons (Fsp3) is 0.742. The lowest BCUT2D eigenvalue weighted by Gasteiger charge is -2.18. The van der Waals surface area contributed by atoms with E-state index in [2.05, 4.69) is 71.2 Å². The van der Waals surface area contributed by atoms with E-state index >= 15 is 0 Å². The number of unbranched alkanes of at least 4 members (excludes halogenated alkanes) is 15. The Bertz CT molecular complexity index is 547. The van der Waals surface area contributed by atoms with Gasteiger partial charge in [-0.3, -0.25) is 0 Å². The summed E-state index contributed by atoms with van der Waals surface area (Å²) in [4.78, 5) is 0. The van der Waals surface area contributed by atoms with Crippen LogP contribution in [0.25, 0.3) is 0 Å². The van der Waals surface area contributed by atoms with Gasteiger partial charge >= 0.3 is 0 Å². The molecule has 32 heavy (non-hydrogen) atoms. The van der Waals surface area contributed by atoms with E-state index in [0.29, 0.717) is 0 Å². The average Bonchev–Trinajstić information content (AvgIpc) is 2.81. The Balaban J connectivity index is 3.72. The minimum Gasteiger partial charge on any atom is -0.385 e. The van der Waals surface area contributed by atoms with Crippen molar-refractivity contribution >= 4 is 0 Å². The highest BCUT2D eigenvalue weighted by atomic mass is 14.9. The van der Waals surface area contributed by atoms with Gasteiger partial charge in [0.05, 0.1) is 0 Å². The zero-order valence-electron chi connectivity index (χ0n) is 22.8. The second kappa shape index (κ2) is 22.9. The standard InChI is InChI=1S/C31H57N/c1-7-12-13-14-15-16-17-18-19-20-21-22-23-24-25-26-27-32-31(11-5)30(10-4)29(9-3)28(6)8-2/h8-11,32H,7,12-27H2,1-6H3. The highest BCUT2D eigenvalue weighted by molar-refractivity contribution is 5.54. The predicted octanol–water partition coefficient (Wildman–Crippen LogP) is 10.6. The van der Waals surface area contributed by atoms with E-state index in [1.54, 1.807) is 0 Å². The molecule has 0 aromatic rings. The number of hydrogen-bond acceptors (Lipinski definition) is 1. The molecule has 0 aliphatic carbocycles. The first kappa shape index (κ1) is 30.8. The Morgan fingerprint density at radius 2 is 0.906 bits per heavy atom. The van der Waals surface area contributed by atoms with Gasteiger partial charge in [0.2, 0.25) is 0 Å². The van der Waals surface area contributed by atoms with Gasteiger partial charge in [0.25, 0.3) is 0 Å². The summed E-state index contributed by atoms with van der Waals surface area (Å²) in [5.41, 5.74) is 5.26. The molecule has 0 atom stereocenters. The average molecular weight is 444 g/mol. The third-order valence-electron chi connectivity index (χ3n) is 6.65. The number of rotatable bonds is 21. The second-order valence-electron chi connectivity index (χ2n) is 9.31. The van der Waals surface area contributed by atoms with Crippen LogP contribution in [0.4, 0.5) is 0 Å². The summed E-state index contributed by atoms with van der Waals surface area (Å²) < 4.78 is 0. The third kappa shape index (κ3) is 15.5. The Morgan fingerprint density at radius 1 is 0.500 bits per heavy atom. The van der Waals surface area contributed by atoms with Crippen LogP contribution in [0.2, 0.25) is 0 Å². The van der Waals surface area contributed by atoms with Crippen LogP contribution in [-0.2, 0) is 0 Å². The molecule has 0 aromatic carbocycles. The van der Waals surface area contributed by atoms with E-state index in [-0.39, 0.29) is 0 Å². The van der Waals surface area contributed by atoms with Crippen molar-refractivity contribution in [3.8, 4) is 0 Å². The van der Waals surface area contributed by atoms with Gasteiger partial charge in [0, 0.05) is 17.8 Å². The maximum Gasteiger partial charge on any atom is 0.0373 e. The van der Waals surface area contributed by atoms with Crippen molar-refractivity contribution in [3.05, 3.63) is 46.7 Å². The fourth-order valence-electron chi connectivity index (χ4n) is 4.46. The summed E-state index contributed by atoms with van der Waals surface area (Å²) in [5.74, 6) is 0. The Hall–Kier alpha value is -1.24. The lowest BCUT2D eigenvalue weighted by atomic mass is 9.95. The van der Waals surface area contributed by atoms with Crippen molar-refractivity contribution in [2.24, 2.45) is 0 Å². The van der Waals surface area contributed by atoms with E-state index in [0.717, 1.165) is 6.54 Å². The van der Waals surface area contributed by atoms with Crippen LogP contribution in [0.1, 0.15) is 144 Å². The zero-order chi connectivity index (χ0) is 23.9. The zero-order valence-corrected chi connectivity index (χ0v) is 22.8. The van der Waals surface area contributed by atoms with Gasteiger partial charge in [0.15, 0.2) is 0 Å². The van der Waals surface area contributed by atoms with Crippen LogP contribution in [0, 0.1) is 0 Å². The molecule has 0 fully saturated rings. The normalized spacial score (nSPS) is 13.7. The fourth-order valence-corrected chi connectivity index (χ4v) is 4.46. The number of allylic oxidation sites excluding steroid dienone is 6. The van der Waals surface area contributed by atoms with Crippen LogP contribution >= 0.6 is 0 Å². The summed E-state index contributed by atoms with van der Waals surface area (Å²) in [5, 5.41) is 3.69. The van der Waals surface area contributed by atoms with Crippen LogP contribution in [0.5, 0.6) is 0 Å². The molecular weight excluding hydrogens is 386 g/mol. The van der Waals surface area contributed by atoms with Gasteiger partial charge in [-0.1, -0.05) is 128 Å². The van der Waals surface area contributed by atoms with Crippen LogP contribution in [-0.4, -0.2) is 6.54 Å². The number of hydrogen-bond donors (Lipinski definition) is 1. The molecular formula is C31H57N. The molecule has 0 spiro atoms. The number of nitrogens with one attached hydrogen (secondary N) is 1. The smallest absolute Gasteiger partial charge is 0.0373 e. The molecule has 1 N–H and O–H groups in total. The molecule has 0 aliphatic heterocycles. The minimum absolute atomic E-state index is 1.07. The van der Waals surface area contributed by atoms with Gasteiger partial charge in [-0.2, -0.15) is 0 Å². The van der Waals surface area contributed by atoms with Crippen molar-refractivity contribution in [1.82, 2.24) is 5.32 Å². The van der Waals surface area contributed by atoms with Gasteiger partial charge in [-0.15, -0.1) is 0 Å². The molecule has 1 nitrogen and oxygen atoms in total. The summed E-state index contributed by atoms with van der Waals surface area (Å²) in [6.07, 6.45) is 31.6. The van der Waals surface area contributed by atoms with Gasteiger partial charge in [0.1, 0.15) is 0 Å². The molecule has 0 saturated heterocycles.